The predicted molar refractivity (Wildman–Crippen MR) is 131 cm³/mol. The molecule has 0 saturated heterocycles. The number of carbonyl (C=O) groups is 1. The van der Waals surface area contributed by atoms with E-state index in [2.05, 4.69) is 0 Å². The first kappa shape index (κ1) is 31.8. The minimum absolute atomic E-state index is 0.0256. The minimum Gasteiger partial charge on any atom is -0.379 e. The summed E-state index contributed by atoms with van der Waals surface area (Å²) in [5, 5.41) is 9.83. The zero-order chi connectivity index (χ0) is 30.3. The van der Waals surface area contributed by atoms with E-state index in [0.29, 0.717) is 18.6 Å². The molecular formula is C26H28F7NO5S. The molecule has 222 valence electrons. The highest BCUT2D eigenvalue weighted by atomic mass is 32.2. The predicted octanol–water partition coefficient (Wildman–Crippen LogP) is 5.81. The van der Waals surface area contributed by atoms with Crippen molar-refractivity contribution in [1.29, 1.82) is 0 Å². The van der Waals surface area contributed by atoms with E-state index < -0.39 is 55.9 Å². The van der Waals surface area contributed by atoms with Crippen molar-refractivity contribution in [2.75, 3.05) is 11.4 Å². The molecule has 0 radical (unpaired) electrons. The van der Waals surface area contributed by atoms with E-state index in [1.54, 1.807) is 13.8 Å². The molecule has 1 aliphatic heterocycles. The average Bonchev–Trinajstić information content (AvgIpc) is 2.85. The molecule has 6 nitrogen and oxygen atoms in total. The second-order valence-electron chi connectivity index (χ2n) is 10.2. The SMILES string of the molecule is COC(C)(C)CCC(=O)C[C@@H]1CCc2cc(C(O)(C(F)(F)F)C(F)(F)F)ccc2N1S(=O)(=O)c1ccc(F)cc1. The molecule has 0 spiro atoms. The number of Topliss-reactive ketones (excluding diaryl/α,β-unsaturated/α-hetero) is 1. The molecule has 1 atom stereocenters. The molecule has 40 heavy (non-hydrogen) atoms. The number of rotatable bonds is 9. The van der Waals surface area contributed by atoms with Crippen molar-refractivity contribution < 1.29 is 53.8 Å². The highest BCUT2D eigenvalue weighted by Crippen LogP contribution is 2.51. The molecule has 1 heterocycles. The van der Waals surface area contributed by atoms with Crippen molar-refractivity contribution in [1.82, 2.24) is 0 Å². The van der Waals surface area contributed by atoms with E-state index in [-0.39, 0.29) is 42.7 Å². The summed E-state index contributed by atoms with van der Waals surface area (Å²) >= 11 is 0. The van der Waals surface area contributed by atoms with Crippen molar-refractivity contribution in [3.05, 3.63) is 59.4 Å². The maximum absolute atomic E-state index is 13.7. The Labute approximate surface area is 226 Å². The molecule has 0 fully saturated rings. The topological polar surface area (TPSA) is 83.9 Å². The molecule has 0 amide bonds. The monoisotopic (exact) mass is 599 g/mol. The molecular weight excluding hydrogens is 571 g/mol. The lowest BCUT2D eigenvalue weighted by Crippen LogP contribution is -2.54. The van der Waals surface area contributed by atoms with Gasteiger partial charge < -0.3 is 9.84 Å². The second-order valence-corrected chi connectivity index (χ2v) is 12.0. The molecule has 1 aliphatic rings. The highest BCUT2D eigenvalue weighted by molar-refractivity contribution is 7.92. The van der Waals surface area contributed by atoms with E-state index in [1.165, 1.54) is 7.11 Å². The number of sulfonamides is 1. The second kappa shape index (κ2) is 10.9. The molecule has 0 bridgehead atoms. The lowest BCUT2D eigenvalue weighted by atomic mass is 9.87. The van der Waals surface area contributed by atoms with Crippen LogP contribution in [0.2, 0.25) is 0 Å². The molecule has 0 saturated carbocycles. The van der Waals surface area contributed by atoms with Gasteiger partial charge in [0, 0.05) is 25.5 Å². The van der Waals surface area contributed by atoms with Gasteiger partial charge in [-0.1, -0.05) is 12.1 Å². The third-order valence-electron chi connectivity index (χ3n) is 7.03. The fraction of sp³-hybridized carbons (Fsp3) is 0.500. The maximum Gasteiger partial charge on any atom is 0.430 e. The van der Waals surface area contributed by atoms with Gasteiger partial charge in [0.1, 0.15) is 11.6 Å². The number of hydrogen-bond acceptors (Lipinski definition) is 5. The molecule has 0 aliphatic carbocycles. The molecule has 0 aromatic heterocycles. The quantitative estimate of drug-likeness (QED) is 0.368. The number of benzene rings is 2. The molecule has 2 aromatic rings. The van der Waals surface area contributed by atoms with Gasteiger partial charge in [-0.05, 0) is 69.0 Å². The molecule has 0 unspecified atom stereocenters. The number of carbonyl (C=O) groups excluding carboxylic acids is 1. The van der Waals surface area contributed by atoms with Crippen molar-refractivity contribution in [2.24, 2.45) is 0 Å². The van der Waals surface area contributed by atoms with Crippen LogP contribution < -0.4 is 4.31 Å². The first-order valence-corrected chi connectivity index (χ1v) is 13.5. The average molecular weight is 600 g/mol. The lowest BCUT2D eigenvalue weighted by molar-refractivity contribution is -0.376. The zero-order valence-electron chi connectivity index (χ0n) is 21.7. The summed E-state index contributed by atoms with van der Waals surface area (Å²) < 4.78 is 128. The summed E-state index contributed by atoms with van der Waals surface area (Å²) in [6.45, 7) is 3.51. The van der Waals surface area contributed by atoms with Crippen molar-refractivity contribution >= 4 is 21.5 Å². The Morgan fingerprint density at radius 1 is 1.02 bits per heavy atom. The van der Waals surface area contributed by atoms with E-state index in [1.807, 2.05) is 0 Å². The number of ketones is 1. The summed E-state index contributed by atoms with van der Waals surface area (Å²) in [7, 11) is -3.09. The Bertz CT molecular complexity index is 1320. The van der Waals surface area contributed by atoms with Crippen LogP contribution in [0.15, 0.2) is 47.4 Å². The van der Waals surface area contributed by atoms with Crippen molar-refractivity contribution in [3.8, 4) is 0 Å². The fourth-order valence-electron chi connectivity index (χ4n) is 4.49. The Morgan fingerprint density at radius 2 is 1.60 bits per heavy atom. The van der Waals surface area contributed by atoms with Gasteiger partial charge in [0.05, 0.1) is 22.2 Å². The largest absolute Gasteiger partial charge is 0.430 e. The highest BCUT2D eigenvalue weighted by Gasteiger charge is 2.71. The number of hydrogen-bond donors (Lipinski definition) is 1. The maximum atomic E-state index is 13.7. The normalized spacial score (nSPS) is 17.1. The number of methoxy groups -OCH3 is 1. The number of ether oxygens (including phenoxy) is 1. The van der Waals surface area contributed by atoms with Crippen LogP contribution in [0.4, 0.5) is 36.4 Å². The fourth-order valence-corrected chi connectivity index (χ4v) is 6.20. The Hall–Kier alpha value is -2.71. The number of halogens is 7. The van der Waals surface area contributed by atoms with Gasteiger partial charge in [-0.25, -0.2) is 12.8 Å². The Kier molecular flexibility index (Phi) is 8.70. The van der Waals surface area contributed by atoms with E-state index in [4.69, 9.17) is 4.74 Å². The van der Waals surface area contributed by atoms with Gasteiger partial charge in [-0.15, -0.1) is 0 Å². The smallest absolute Gasteiger partial charge is 0.379 e. The van der Waals surface area contributed by atoms with Crippen LogP contribution in [0.3, 0.4) is 0 Å². The molecule has 14 heteroatoms. The number of aliphatic hydroxyl groups is 1. The summed E-state index contributed by atoms with van der Waals surface area (Å²) in [6.07, 6.45) is -12.5. The minimum atomic E-state index is -6.13. The van der Waals surface area contributed by atoms with Crippen LogP contribution in [-0.2, 0) is 31.6 Å². The van der Waals surface area contributed by atoms with E-state index >= 15 is 0 Å². The first-order valence-electron chi connectivity index (χ1n) is 12.1. The summed E-state index contributed by atoms with van der Waals surface area (Å²) in [5.41, 5.74) is -7.82. The van der Waals surface area contributed by atoms with Gasteiger partial charge in [-0.3, -0.25) is 9.10 Å². The van der Waals surface area contributed by atoms with Crippen molar-refractivity contribution in [2.45, 2.75) is 80.4 Å². The van der Waals surface area contributed by atoms with Gasteiger partial charge in [-0.2, -0.15) is 26.3 Å². The molecule has 2 aromatic carbocycles. The third-order valence-corrected chi connectivity index (χ3v) is 8.91. The van der Waals surface area contributed by atoms with Gasteiger partial charge in [0.25, 0.3) is 15.6 Å². The van der Waals surface area contributed by atoms with Gasteiger partial charge >= 0.3 is 12.4 Å². The van der Waals surface area contributed by atoms with E-state index in [0.717, 1.165) is 34.6 Å². The number of nitrogens with zero attached hydrogens (tertiary/aromatic N) is 1. The zero-order valence-corrected chi connectivity index (χ0v) is 22.6. The molecule has 1 N–H and O–H groups in total. The third kappa shape index (κ3) is 6.13. The number of aryl methyl sites for hydroxylation is 1. The number of alkyl halides is 6. The summed E-state index contributed by atoms with van der Waals surface area (Å²) in [6, 6.07) is 4.22. The Balaban J connectivity index is 2.10. The number of anilines is 1. The summed E-state index contributed by atoms with van der Waals surface area (Å²) in [5.74, 6) is -1.08. The van der Waals surface area contributed by atoms with Crippen LogP contribution in [0.5, 0.6) is 0 Å². The lowest BCUT2D eigenvalue weighted by Gasteiger charge is -2.39. The molecule has 3 rings (SSSR count). The van der Waals surface area contributed by atoms with Gasteiger partial charge in [0.2, 0.25) is 0 Å². The van der Waals surface area contributed by atoms with Gasteiger partial charge in [0.15, 0.2) is 0 Å². The first-order chi connectivity index (χ1) is 18.2. The summed E-state index contributed by atoms with van der Waals surface area (Å²) in [4.78, 5) is 12.4. The van der Waals surface area contributed by atoms with Crippen molar-refractivity contribution in [3.63, 3.8) is 0 Å². The van der Waals surface area contributed by atoms with Crippen LogP contribution in [0.25, 0.3) is 0 Å². The van der Waals surface area contributed by atoms with E-state index in [9.17, 15) is 49.1 Å². The standard InChI is InChI=1S/C26H28F7NO5S/c1-23(2,39-3)13-12-20(35)15-19-8-4-16-14-17(24(36,25(28,29)30)26(31,32)33)5-11-22(16)34(19)40(37,38)21-9-6-18(27)7-10-21/h5-7,9-11,14,19,36H,4,8,12-13,15H2,1-3H3/t19-/m0/s1. The van der Waals surface area contributed by atoms with Crippen LogP contribution in [0, 0.1) is 5.82 Å². The van der Waals surface area contributed by atoms with Crippen LogP contribution in [-0.4, -0.2) is 50.4 Å². The number of fused-ring (bicyclic) bond motifs is 1. The van der Waals surface area contributed by atoms with Crippen LogP contribution >= 0.6 is 0 Å². The van der Waals surface area contributed by atoms with Crippen LogP contribution in [0.1, 0.15) is 50.7 Å². The Morgan fingerprint density at radius 3 is 2.12 bits per heavy atom.